The first-order chi connectivity index (χ1) is 8.05. The number of unbranched alkanes of at least 4 members (excludes halogenated alkanes) is 1. The fourth-order valence-electron chi connectivity index (χ4n) is 2.14. The summed E-state index contributed by atoms with van der Waals surface area (Å²) in [7, 11) is 0. The lowest BCUT2D eigenvalue weighted by Gasteiger charge is -2.40. The molecule has 0 aliphatic heterocycles. The van der Waals surface area contributed by atoms with E-state index in [0.717, 1.165) is 19.3 Å². The Hall–Kier alpha value is -1.26. The molecule has 0 rings (SSSR count). The van der Waals surface area contributed by atoms with Crippen LogP contribution in [0.2, 0.25) is 0 Å². The molecule has 0 aromatic rings. The summed E-state index contributed by atoms with van der Waals surface area (Å²) in [5.74, 6) is -0.638. The number of hydrogen-bond donors (Lipinski definition) is 3. The number of carboxylic acid groups (broad SMARTS) is 3. The minimum atomic E-state index is -1.83. The normalized spacial score (nSPS) is 14.1. The summed E-state index contributed by atoms with van der Waals surface area (Å²) >= 11 is 0. The highest BCUT2D eigenvalue weighted by molar-refractivity contribution is 5.75. The topological polar surface area (TPSA) is 94.8 Å². The van der Waals surface area contributed by atoms with Gasteiger partial charge in [-0.05, 0) is 18.3 Å². The summed E-state index contributed by atoms with van der Waals surface area (Å²) in [6, 6.07) is 0. The van der Waals surface area contributed by atoms with E-state index in [-0.39, 0.29) is 5.41 Å². The van der Waals surface area contributed by atoms with Gasteiger partial charge in [0.15, 0.2) is 0 Å². The molecule has 0 aliphatic rings. The number of hydrogen-bond acceptors (Lipinski definition) is 2. The quantitative estimate of drug-likeness (QED) is 0.697. The summed E-state index contributed by atoms with van der Waals surface area (Å²) in [5, 5.41) is 23.3. The molecule has 5 nitrogen and oxygen atoms in total. The fraction of sp³-hybridized carbons (Fsp3) is 0.846. The monoisotopic (exact) mass is 262 g/mol. The standard InChI is InChI=1S/C12H24O2.CH2O3/c1-6-8-9-12(7-2,10(13)14)11(3,4)5;2-1(3)4/h6-9H2,1-5H3,(H,13,14);(H2,2,3,4). The van der Waals surface area contributed by atoms with Crippen molar-refractivity contribution >= 4 is 12.1 Å². The molecule has 0 bridgehead atoms. The van der Waals surface area contributed by atoms with Gasteiger partial charge in [-0.25, -0.2) is 4.79 Å². The molecule has 0 radical (unpaired) electrons. The van der Waals surface area contributed by atoms with Crippen LogP contribution < -0.4 is 0 Å². The first-order valence-electron chi connectivity index (χ1n) is 6.20. The van der Waals surface area contributed by atoms with E-state index in [1.54, 1.807) is 0 Å². The molecule has 5 heteroatoms. The van der Waals surface area contributed by atoms with E-state index in [1.807, 2.05) is 27.7 Å². The molecule has 0 heterocycles. The van der Waals surface area contributed by atoms with Gasteiger partial charge in [-0.1, -0.05) is 47.5 Å². The van der Waals surface area contributed by atoms with Crippen LogP contribution in [0, 0.1) is 10.8 Å². The Morgan fingerprint density at radius 2 is 1.39 bits per heavy atom. The maximum absolute atomic E-state index is 11.4. The van der Waals surface area contributed by atoms with Crippen LogP contribution in [0.4, 0.5) is 4.79 Å². The van der Waals surface area contributed by atoms with Crippen molar-refractivity contribution in [1.29, 1.82) is 0 Å². The molecule has 108 valence electrons. The third kappa shape index (κ3) is 5.89. The van der Waals surface area contributed by atoms with Crippen molar-refractivity contribution < 1.29 is 24.9 Å². The molecule has 0 aromatic carbocycles. The lowest BCUT2D eigenvalue weighted by Crippen LogP contribution is -2.42. The van der Waals surface area contributed by atoms with Crippen molar-refractivity contribution in [3.05, 3.63) is 0 Å². The molecule has 0 aliphatic carbocycles. The predicted octanol–water partition coefficient (Wildman–Crippen LogP) is 3.93. The van der Waals surface area contributed by atoms with Crippen molar-refractivity contribution in [3.8, 4) is 0 Å². The lowest BCUT2D eigenvalue weighted by molar-refractivity contribution is -0.157. The zero-order valence-corrected chi connectivity index (χ0v) is 12.0. The second-order valence-corrected chi connectivity index (χ2v) is 5.38. The molecule has 0 saturated heterocycles. The highest BCUT2D eigenvalue weighted by atomic mass is 16.6. The van der Waals surface area contributed by atoms with Gasteiger partial charge in [-0.2, -0.15) is 0 Å². The smallest absolute Gasteiger partial charge is 0.481 e. The van der Waals surface area contributed by atoms with Crippen molar-refractivity contribution in [2.45, 2.75) is 60.3 Å². The Labute approximate surface area is 109 Å². The number of rotatable bonds is 5. The summed E-state index contributed by atoms with van der Waals surface area (Å²) in [6.45, 7) is 10.2. The molecule has 18 heavy (non-hydrogen) atoms. The summed E-state index contributed by atoms with van der Waals surface area (Å²) in [6.07, 6.45) is 1.73. The predicted molar refractivity (Wildman–Crippen MR) is 70.0 cm³/mol. The van der Waals surface area contributed by atoms with E-state index >= 15 is 0 Å². The average molecular weight is 262 g/mol. The van der Waals surface area contributed by atoms with Crippen LogP contribution in [0.25, 0.3) is 0 Å². The second-order valence-electron chi connectivity index (χ2n) is 5.38. The number of aliphatic carboxylic acids is 1. The van der Waals surface area contributed by atoms with Crippen molar-refractivity contribution in [3.63, 3.8) is 0 Å². The van der Waals surface area contributed by atoms with Crippen molar-refractivity contribution in [1.82, 2.24) is 0 Å². The first-order valence-corrected chi connectivity index (χ1v) is 6.20. The zero-order chi connectivity index (χ0) is 15.0. The van der Waals surface area contributed by atoms with E-state index in [0.29, 0.717) is 6.42 Å². The van der Waals surface area contributed by atoms with E-state index in [9.17, 15) is 9.90 Å². The van der Waals surface area contributed by atoms with Crippen LogP contribution in [0.3, 0.4) is 0 Å². The molecule has 0 spiro atoms. The van der Waals surface area contributed by atoms with Gasteiger partial charge < -0.3 is 15.3 Å². The van der Waals surface area contributed by atoms with Gasteiger partial charge >= 0.3 is 12.1 Å². The highest BCUT2D eigenvalue weighted by Crippen LogP contribution is 2.45. The Balaban J connectivity index is 0. The van der Waals surface area contributed by atoms with Gasteiger partial charge in [0.25, 0.3) is 0 Å². The molecule has 0 aromatic heterocycles. The minimum Gasteiger partial charge on any atom is -0.481 e. The minimum absolute atomic E-state index is 0.164. The van der Waals surface area contributed by atoms with Gasteiger partial charge in [0.2, 0.25) is 0 Å². The lowest BCUT2D eigenvalue weighted by atomic mass is 9.62. The Morgan fingerprint density at radius 1 is 1.00 bits per heavy atom. The number of carboxylic acids is 1. The van der Waals surface area contributed by atoms with Gasteiger partial charge in [0.1, 0.15) is 0 Å². The van der Waals surface area contributed by atoms with Crippen LogP contribution in [0.1, 0.15) is 60.3 Å². The number of carbonyl (C=O) groups is 2. The first kappa shape index (κ1) is 19.1. The second kappa shape index (κ2) is 7.95. The van der Waals surface area contributed by atoms with E-state index in [1.165, 1.54) is 0 Å². The van der Waals surface area contributed by atoms with Gasteiger partial charge in [-0.3, -0.25) is 4.79 Å². The van der Waals surface area contributed by atoms with Crippen LogP contribution in [0.5, 0.6) is 0 Å². The summed E-state index contributed by atoms with van der Waals surface area (Å²) in [5.41, 5.74) is -0.717. The van der Waals surface area contributed by atoms with Crippen molar-refractivity contribution in [2.24, 2.45) is 10.8 Å². The molecule has 1 unspecified atom stereocenters. The zero-order valence-electron chi connectivity index (χ0n) is 12.0. The van der Waals surface area contributed by atoms with E-state index < -0.39 is 17.5 Å². The fourth-order valence-corrected chi connectivity index (χ4v) is 2.14. The Kier molecular flexibility index (Phi) is 8.43. The van der Waals surface area contributed by atoms with Crippen LogP contribution in [-0.2, 0) is 4.79 Å². The summed E-state index contributed by atoms with van der Waals surface area (Å²) < 4.78 is 0. The van der Waals surface area contributed by atoms with E-state index in [2.05, 4.69) is 6.92 Å². The third-order valence-electron chi connectivity index (χ3n) is 3.41. The van der Waals surface area contributed by atoms with Gasteiger partial charge in [-0.15, -0.1) is 0 Å². The van der Waals surface area contributed by atoms with E-state index in [4.69, 9.17) is 15.0 Å². The van der Waals surface area contributed by atoms with Gasteiger partial charge in [0, 0.05) is 0 Å². The highest BCUT2D eigenvalue weighted by Gasteiger charge is 2.46. The maximum atomic E-state index is 11.4. The Morgan fingerprint density at radius 3 is 1.56 bits per heavy atom. The molecule has 0 fully saturated rings. The Bertz CT molecular complexity index is 263. The summed E-state index contributed by atoms with van der Waals surface area (Å²) in [4.78, 5) is 20.0. The SMILES string of the molecule is CCCCC(CC)(C(=O)O)C(C)(C)C.O=C(O)O. The van der Waals surface area contributed by atoms with Gasteiger partial charge in [0.05, 0.1) is 5.41 Å². The van der Waals surface area contributed by atoms with Crippen LogP contribution in [0.15, 0.2) is 0 Å². The van der Waals surface area contributed by atoms with Crippen LogP contribution >= 0.6 is 0 Å². The molecule has 0 saturated carbocycles. The van der Waals surface area contributed by atoms with Crippen LogP contribution in [-0.4, -0.2) is 27.4 Å². The maximum Gasteiger partial charge on any atom is 0.503 e. The molecule has 3 N–H and O–H groups in total. The third-order valence-corrected chi connectivity index (χ3v) is 3.41. The molecular weight excluding hydrogens is 236 g/mol. The molecule has 1 atom stereocenters. The van der Waals surface area contributed by atoms with Crippen molar-refractivity contribution in [2.75, 3.05) is 0 Å². The average Bonchev–Trinajstić information content (AvgIpc) is 2.15. The largest absolute Gasteiger partial charge is 0.503 e. The molecule has 0 amide bonds. The molecular formula is C13H26O5.